The molecule has 1 heterocycles. The highest BCUT2D eigenvalue weighted by molar-refractivity contribution is 4.63. The zero-order chi connectivity index (χ0) is 7.23. The van der Waals surface area contributed by atoms with Crippen LogP contribution in [0.3, 0.4) is 0 Å². The van der Waals surface area contributed by atoms with Crippen LogP contribution in [0.4, 0.5) is 0 Å². The van der Waals surface area contributed by atoms with Gasteiger partial charge in [-0.2, -0.15) is 0 Å². The number of hydrogen-bond acceptors (Lipinski definition) is 1. The van der Waals surface area contributed by atoms with Gasteiger partial charge in [-0.05, 0) is 31.8 Å². The third kappa shape index (κ3) is 2.70. The van der Waals surface area contributed by atoms with E-state index in [1.165, 1.54) is 45.2 Å². The lowest BCUT2D eigenvalue weighted by molar-refractivity contribution is 0.379. The molecule has 0 aromatic rings. The van der Waals surface area contributed by atoms with E-state index >= 15 is 0 Å². The minimum absolute atomic E-state index is 1.01. The topological polar surface area (TPSA) is 12.0 Å². The van der Waals surface area contributed by atoms with Crippen LogP contribution in [0.1, 0.15) is 39.0 Å². The first-order chi connectivity index (χ1) is 4.93. The lowest BCUT2D eigenvalue weighted by atomic mass is 9.94. The van der Waals surface area contributed by atoms with Gasteiger partial charge in [0, 0.05) is 0 Å². The zero-order valence-corrected chi connectivity index (χ0v) is 7.03. The van der Waals surface area contributed by atoms with Crippen LogP contribution >= 0.6 is 0 Å². The molecule has 0 saturated carbocycles. The van der Waals surface area contributed by atoms with Crippen molar-refractivity contribution in [2.45, 2.75) is 39.0 Å². The van der Waals surface area contributed by atoms with E-state index < -0.39 is 0 Å². The van der Waals surface area contributed by atoms with Gasteiger partial charge in [-0.3, -0.25) is 0 Å². The first kappa shape index (κ1) is 8.06. The molecule has 1 saturated heterocycles. The lowest BCUT2D eigenvalue weighted by Crippen LogP contribution is -2.22. The van der Waals surface area contributed by atoms with Crippen LogP contribution in [-0.4, -0.2) is 13.1 Å². The van der Waals surface area contributed by atoms with E-state index in [-0.39, 0.29) is 0 Å². The van der Waals surface area contributed by atoms with Gasteiger partial charge in [0.05, 0.1) is 0 Å². The van der Waals surface area contributed by atoms with Gasteiger partial charge in [0.25, 0.3) is 0 Å². The predicted molar refractivity (Wildman–Crippen MR) is 45.1 cm³/mol. The highest BCUT2D eigenvalue weighted by Crippen LogP contribution is 2.16. The van der Waals surface area contributed by atoms with E-state index in [0.717, 1.165) is 5.92 Å². The second kappa shape index (κ2) is 4.73. The zero-order valence-electron chi connectivity index (χ0n) is 7.03. The molecule has 0 radical (unpaired) electrons. The third-order valence-electron chi connectivity index (χ3n) is 2.52. The van der Waals surface area contributed by atoms with Crippen LogP contribution in [0.2, 0.25) is 0 Å². The molecule has 1 fully saturated rings. The molecule has 1 aliphatic heterocycles. The molecule has 1 atom stereocenters. The molecular formula is C9H19N. The summed E-state index contributed by atoms with van der Waals surface area (Å²) in [6.45, 7) is 4.81. The molecule has 0 aromatic carbocycles. The van der Waals surface area contributed by atoms with Gasteiger partial charge < -0.3 is 5.32 Å². The second-order valence-electron chi connectivity index (χ2n) is 3.31. The van der Waals surface area contributed by atoms with Crippen molar-refractivity contribution in [2.75, 3.05) is 13.1 Å². The summed E-state index contributed by atoms with van der Waals surface area (Å²) in [6.07, 6.45) is 7.07. The summed E-state index contributed by atoms with van der Waals surface area (Å²) >= 11 is 0. The Morgan fingerprint density at radius 2 is 2.10 bits per heavy atom. The Morgan fingerprint density at radius 3 is 2.90 bits per heavy atom. The van der Waals surface area contributed by atoms with Gasteiger partial charge in [-0.15, -0.1) is 0 Å². The number of nitrogens with one attached hydrogen (secondary N) is 1. The molecule has 60 valence electrons. The molecule has 0 bridgehead atoms. The SMILES string of the molecule is CCC1CCCCNCC1. The predicted octanol–water partition coefficient (Wildman–Crippen LogP) is 2.18. The maximum atomic E-state index is 3.45. The van der Waals surface area contributed by atoms with Crippen LogP contribution in [0.15, 0.2) is 0 Å². The summed E-state index contributed by atoms with van der Waals surface area (Å²) in [6, 6.07) is 0. The van der Waals surface area contributed by atoms with Gasteiger partial charge in [-0.25, -0.2) is 0 Å². The van der Waals surface area contributed by atoms with Gasteiger partial charge in [0.15, 0.2) is 0 Å². The van der Waals surface area contributed by atoms with E-state index in [0.29, 0.717) is 0 Å². The maximum absolute atomic E-state index is 3.45. The highest BCUT2D eigenvalue weighted by Gasteiger charge is 2.07. The summed E-state index contributed by atoms with van der Waals surface area (Å²) in [5, 5.41) is 3.45. The molecule has 0 spiro atoms. The van der Waals surface area contributed by atoms with E-state index in [4.69, 9.17) is 0 Å². The minimum atomic E-state index is 1.01. The molecule has 10 heavy (non-hydrogen) atoms. The van der Waals surface area contributed by atoms with Gasteiger partial charge in [0.1, 0.15) is 0 Å². The molecule has 0 amide bonds. The molecule has 1 heteroatoms. The van der Waals surface area contributed by atoms with E-state index in [9.17, 15) is 0 Å². The molecule has 1 unspecified atom stereocenters. The van der Waals surface area contributed by atoms with Crippen LogP contribution in [0.5, 0.6) is 0 Å². The van der Waals surface area contributed by atoms with Crippen molar-refractivity contribution in [3.8, 4) is 0 Å². The Balaban J connectivity index is 2.16. The van der Waals surface area contributed by atoms with E-state index in [2.05, 4.69) is 12.2 Å². The van der Waals surface area contributed by atoms with Crippen LogP contribution < -0.4 is 5.32 Å². The second-order valence-corrected chi connectivity index (χ2v) is 3.31. The average molecular weight is 141 g/mol. The van der Waals surface area contributed by atoms with Crippen molar-refractivity contribution in [1.29, 1.82) is 0 Å². The summed E-state index contributed by atoms with van der Waals surface area (Å²) < 4.78 is 0. The lowest BCUT2D eigenvalue weighted by Gasteiger charge is -2.18. The fourth-order valence-corrected chi connectivity index (χ4v) is 1.67. The van der Waals surface area contributed by atoms with Gasteiger partial charge >= 0.3 is 0 Å². The van der Waals surface area contributed by atoms with Crippen molar-refractivity contribution < 1.29 is 0 Å². The normalized spacial score (nSPS) is 29.1. The fraction of sp³-hybridized carbons (Fsp3) is 1.00. The summed E-state index contributed by atoms with van der Waals surface area (Å²) in [5.74, 6) is 1.01. The molecule has 1 aliphatic rings. The minimum Gasteiger partial charge on any atom is -0.317 e. The monoisotopic (exact) mass is 141 g/mol. The smallest absolute Gasteiger partial charge is 0.00463 e. The molecule has 1 rings (SSSR count). The van der Waals surface area contributed by atoms with E-state index in [1.807, 2.05) is 0 Å². The van der Waals surface area contributed by atoms with Crippen LogP contribution in [0, 0.1) is 5.92 Å². The molecule has 1 nitrogen and oxygen atoms in total. The Kier molecular flexibility index (Phi) is 3.81. The molecule has 1 N–H and O–H groups in total. The first-order valence-electron chi connectivity index (χ1n) is 4.64. The quantitative estimate of drug-likeness (QED) is 0.590. The van der Waals surface area contributed by atoms with Crippen molar-refractivity contribution in [1.82, 2.24) is 5.32 Å². The largest absolute Gasteiger partial charge is 0.317 e. The first-order valence-corrected chi connectivity index (χ1v) is 4.64. The number of hydrogen-bond donors (Lipinski definition) is 1. The van der Waals surface area contributed by atoms with Crippen LogP contribution in [0.25, 0.3) is 0 Å². The Hall–Kier alpha value is -0.0400. The molecular weight excluding hydrogens is 122 g/mol. The van der Waals surface area contributed by atoms with Crippen molar-refractivity contribution in [3.63, 3.8) is 0 Å². The Labute approximate surface area is 64.2 Å². The average Bonchev–Trinajstić information content (AvgIpc) is 1.87. The standard InChI is InChI=1S/C9H19N/c1-2-9-5-3-4-7-10-8-6-9/h9-10H,2-8H2,1H3. The summed E-state index contributed by atoms with van der Waals surface area (Å²) in [4.78, 5) is 0. The molecule has 0 aliphatic carbocycles. The highest BCUT2D eigenvalue weighted by atomic mass is 14.8. The van der Waals surface area contributed by atoms with Crippen molar-refractivity contribution in [3.05, 3.63) is 0 Å². The van der Waals surface area contributed by atoms with Crippen molar-refractivity contribution >= 4 is 0 Å². The molecule has 0 aromatic heterocycles. The van der Waals surface area contributed by atoms with Crippen LogP contribution in [-0.2, 0) is 0 Å². The van der Waals surface area contributed by atoms with Gasteiger partial charge in [-0.1, -0.05) is 26.2 Å². The Bertz CT molecular complexity index is 72.8. The van der Waals surface area contributed by atoms with Crippen molar-refractivity contribution in [2.24, 2.45) is 5.92 Å². The summed E-state index contributed by atoms with van der Waals surface area (Å²) in [5.41, 5.74) is 0. The maximum Gasteiger partial charge on any atom is -0.00463 e. The Morgan fingerprint density at radius 1 is 1.20 bits per heavy atom. The third-order valence-corrected chi connectivity index (χ3v) is 2.52. The van der Waals surface area contributed by atoms with E-state index in [1.54, 1.807) is 0 Å². The summed E-state index contributed by atoms with van der Waals surface area (Å²) in [7, 11) is 0. The fourth-order valence-electron chi connectivity index (χ4n) is 1.67. The number of rotatable bonds is 1. The van der Waals surface area contributed by atoms with Gasteiger partial charge in [0.2, 0.25) is 0 Å².